The summed E-state index contributed by atoms with van der Waals surface area (Å²) in [4.78, 5) is 31.1. The van der Waals surface area contributed by atoms with Gasteiger partial charge in [-0.1, -0.05) is 55.6 Å². The summed E-state index contributed by atoms with van der Waals surface area (Å²) >= 11 is 7.69. The van der Waals surface area contributed by atoms with Crippen LogP contribution in [0, 0.1) is 6.92 Å². The molecule has 3 aromatic rings. The van der Waals surface area contributed by atoms with Crippen molar-refractivity contribution in [2.75, 3.05) is 7.11 Å². The number of unbranched alkanes of at least 4 members (excludes halogenated alkanes) is 1. The van der Waals surface area contributed by atoms with Crippen LogP contribution in [0.25, 0.3) is 10.4 Å². The highest BCUT2D eigenvalue weighted by Crippen LogP contribution is 2.27. The molecular weight excluding hydrogens is 458 g/mol. The zero-order valence-electron chi connectivity index (χ0n) is 19.0. The number of amides is 2. The Bertz CT molecular complexity index is 1100. The molecule has 0 radical (unpaired) electrons. The van der Waals surface area contributed by atoms with Crippen molar-refractivity contribution in [2.24, 2.45) is 0 Å². The van der Waals surface area contributed by atoms with Gasteiger partial charge < -0.3 is 15.4 Å². The first-order valence-electron chi connectivity index (χ1n) is 10.8. The maximum Gasteiger partial charge on any atom is 0.252 e. The largest absolute Gasteiger partial charge is 0.497 e. The van der Waals surface area contributed by atoms with Crippen molar-refractivity contribution in [3.8, 4) is 16.2 Å². The molecule has 0 saturated carbocycles. The van der Waals surface area contributed by atoms with Crippen molar-refractivity contribution in [3.63, 3.8) is 0 Å². The van der Waals surface area contributed by atoms with Gasteiger partial charge in [0, 0.05) is 17.1 Å². The molecule has 0 saturated heterocycles. The standard InChI is InChI=1S/C25H28ClN3O3S/c1-4-5-6-22(29-24(30)19-11-20(26)13-21(12-19)32-3)25(31)27-14-17-7-9-18(10-8-17)23-16(2)28-15-33-23/h7-13,15,22H,4-6,14H2,1-3H3,(H,27,31)(H,29,30)/t22-/m0/s1. The van der Waals surface area contributed by atoms with Crippen LogP contribution >= 0.6 is 22.9 Å². The highest BCUT2D eigenvalue weighted by molar-refractivity contribution is 7.13. The van der Waals surface area contributed by atoms with Crippen LogP contribution in [0.4, 0.5) is 0 Å². The molecule has 33 heavy (non-hydrogen) atoms. The fraction of sp³-hybridized carbons (Fsp3) is 0.320. The molecule has 0 spiro atoms. The van der Waals surface area contributed by atoms with Gasteiger partial charge in [0.2, 0.25) is 5.91 Å². The van der Waals surface area contributed by atoms with Gasteiger partial charge in [0.15, 0.2) is 0 Å². The first-order chi connectivity index (χ1) is 15.9. The topological polar surface area (TPSA) is 80.3 Å². The van der Waals surface area contributed by atoms with E-state index in [4.69, 9.17) is 16.3 Å². The van der Waals surface area contributed by atoms with Gasteiger partial charge in [-0.2, -0.15) is 0 Å². The first-order valence-corrected chi connectivity index (χ1v) is 12.1. The van der Waals surface area contributed by atoms with Gasteiger partial charge in [-0.05, 0) is 42.7 Å². The molecule has 0 aliphatic heterocycles. The molecule has 174 valence electrons. The van der Waals surface area contributed by atoms with Crippen molar-refractivity contribution in [2.45, 2.75) is 45.7 Å². The molecule has 1 aromatic heterocycles. The van der Waals surface area contributed by atoms with Gasteiger partial charge in [0.25, 0.3) is 5.91 Å². The van der Waals surface area contributed by atoms with Crippen LogP contribution in [-0.4, -0.2) is 29.9 Å². The van der Waals surface area contributed by atoms with E-state index in [2.05, 4.69) is 15.6 Å². The van der Waals surface area contributed by atoms with E-state index < -0.39 is 6.04 Å². The molecule has 2 amide bonds. The number of carbonyl (C=O) groups is 2. The van der Waals surface area contributed by atoms with E-state index in [0.29, 0.717) is 29.3 Å². The maximum absolute atomic E-state index is 12.9. The number of ether oxygens (including phenoxy) is 1. The Kier molecular flexibility index (Phi) is 8.86. The van der Waals surface area contributed by atoms with E-state index in [0.717, 1.165) is 34.5 Å². The summed E-state index contributed by atoms with van der Waals surface area (Å²) in [5, 5.41) is 6.19. The molecule has 0 fully saturated rings. The molecule has 0 aliphatic rings. The highest BCUT2D eigenvalue weighted by Gasteiger charge is 2.21. The average Bonchev–Trinajstić information content (AvgIpc) is 3.25. The molecule has 0 unspecified atom stereocenters. The van der Waals surface area contributed by atoms with Crippen LogP contribution in [0.3, 0.4) is 0 Å². The molecule has 8 heteroatoms. The van der Waals surface area contributed by atoms with Crippen molar-refractivity contribution in [1.29, 1.82) is 0 Å². The molecule has 0 bridgehead atoms. The number of carbonyl (C=O) groups excluding carboxylic acids is 2. The molecule has 6 nitrogen and oxygen atoms in total. The number of rotatable bonds is 10. The van der Waals surface area contributed by atoms with Gasteiger partial charge in [0.1, 0.15) is 11.8 Å². The Morgan fingerprint density at radius 1 is 1.18 bits per heavy atom. The average molecular weight is 486 g/mol. The van der Waals surface area contributed by atoms with Gasteiger partial charge in [-0.25, -0.2) is 4.98 Å². The minimum atomic E-state index is -0.637. The Morgan fingerprint density at radius 2 is 1.94 bits per heavy atom. The summed E-state index contributed by atoms with van der Waals surface area (Å²) in [6, 6.07) is 12.2. The minimum Gasteiger partial charge on any atom is -0.497 e. The minimum absolute atomic E-state index is 0.215. The number of aromatic nitrogens is 1. The Labute approximate surface area is 203 Å². The van der Waals surface area contributed by atoms with Gasteiger partial charge in [0.05, 0.1) is 23.2 Å². The highest BCUT2D eigenvalue weighted by atomic mass is 35.5. The maximum atomic E-state index is 12.9. The number of halogens is 1. The zero-order chi connectivity index (χ0) is 23.8. The van der Waals surface area contributed by atoms with Crippen LogP contribution in [0.2, 0.25) is 5.02 Å². The third-order valence-electron chi connectivity index (χ3n) is 5.27. The van der Waals surface area contributed by atoms with E-state index >= 15 is 0 Å². The molecule has 0 aliphatic carbocycles. The summed E-state index contributed by atoms with van der Waals surface area (Å²) in [5.74, 6) is -0.0938. The predicted molar refractivity (Wildman–Crippen MR) is 133 cm³/mol. The van der Waals surface area contributed by atoms with Gasteiger partial charge in [-0.3, -0.25) is 9.59 Å². The third-order valence-corrected chi connectivity index (χ3v) is 6.46. The Morgan fingerprint density at radius 3 is 2.58 bits per heavy atom. The van der Waals surface area contributed by atoms with Crippen molar-refractivity contribution in [3.05, 3.63) is 69.8 Å². The zero-order valence-corrected chi connectivity index (χ0v) is 20.6. The number of nitrogens with zero attached hydrogens (tertiary/aromatic N) is 1. The van der Waals surface area contributed by atoms with Crippen LogP contribution in [0.5, 0.6) is 5.75 Å². The lowest BCUT2D eigenvalue weighted by Gasteiger charge is -2.19. The van der Waals surface area contributed by atoms with E-state index in [1.54, 1.807) is 29.5 Å². The number of benzene rings is 2. The second-order valence-corrected chi connectivity index (χ2v) is 9.02. The number of hydrogen-bond donors (Lipinski definition) is 2. The van der Waals surface area contributed by atoms with Crippen LogP contribution in [0.1, 0.15) is 47.8 Å². The van der Waals surface area contributed by atoms with Crippen LogP contribution in [0.15, 0.2) is 48.0 Å². The third kappa shape index (κ3) is 6.79. The quantitative estimate of drug-likeness (QED) is 0.403. The molecule has 2 N–H and O–H groups in total. The molecule has 3 rings (SSSR count). The fourth-order valence-electron chi connectivity index (χ4n) is 3.40. The molecule has 1 heterocycles. The van der Waals surface area contributed by atoms with Crippen molar-refractivity contribution in [1.82, 2.24) is 15.6 Å². The Balaban J connectivity index is 1.63. The predicted octanol–water partition coefficient (Wildman–Crippen LogP) is 5.39. The second kappa shape index (κ2) is 11.8. The van der Waals surface area contributed by atoms with Gasteiger partial charge in [-0.15, -0.1) is 11.3 Å². The lowest BCUT2D eigenvalue weighted by atomic mass is 10.1. The van der Waals surface area contributed by atoms with Crippen LogP contribution < -0.4 is 15.4 Å². The summed E-state index contributed by atoms with van der Waals surface area (Å²) in [7, 11) is 1.51. The van der Waals surface area contributed by atoms with Gasteiger partial charge >= 0.3 is 0 Å². The first kappa shape index (κ1) is 24.7. The lowest BCUT2D eigenvalue weighted by Crippen LogP contribution is -2.46. The molecular formula is C25H28ClN3O3S. The van der Waals surface area contributed by atoms with E-state index in [1.807, 2.05) is 43.6 Å². The SMILES string of the molecule is CCCC[C@H](NC(=O)c1cc(Cl)cc(OC)c1)C(=O)NCc1ccc(-c2scnc2C)cc1. The number of thiazole rings is 1. The fourth-order valence-corrected chi connectivity index (χ4v) is 4.43. The summed E-state index contributed by atoms with van der Waals surface area (Å²) in [5.41, 5.74) is 5.28. The molecule has 2 aromatic carbocycles. The molecule has 1 atom stereocenters. The second-order valence-electron chi connectivity index (χ2n) is 7.73. The number of methoxy groups -OCH3 is 1. The summed E-state index contributed by atoms with van der Waals surface area (Å²) < 4.78 is 5.18. The smallest absolute Gasteiger partial charge is 0.252 e. The van der Waals surface area contributed by atoms with E-state index in [1.165, 1.54) is 7.11 Å². The summed E-state index contributed by atoms with van der Waals surface area (Å²) in [6.07, 6.45) is 2.29. The van der Waals surface area contributed by atoms with E-state index in [9.17, 15) is 9.59 Å². The number of aryl methyl sites for hydroxylation is 1. The summed E-state index contributed by atoms with van der Waals surface area (Å²) in [6.45, 7) is 4.42. The normalized spacial score (nSPS) is 11.6. The van der Waals surface area contributed by atoms with Crippen molar-refractivity contribution < 1.29 is 14.3 Å². The Hall–Kier alpha value is -2.90. The number of nitrogens with one attached hydrogen (secondary N) is 2. The monoisotopic (exact) mass is 485 g/mol. The van der Waals surface area contributed by atoms with Crippen molar-refractivity contribution >= 4 is 34.8 Å². The van der Waals surface area contributed by atoms with Crippen LogP contribution in [-0.2, 0) is 11.3 Å². The van der Waals surface area contributed by atoms with E-state index in [-0.39, 0.29) is 11.8 Å². The number of hydrogen-bond acceptors (Lipinski definition) is 5. The lowest BCUT2D eigenvalue weighted by molar-refractivity contribution is -0.123.